The molecule has 2 rings (SSSR count). The first-order chi connectivity index (χ1) is 10.8. The molecule has 0 unspecified atom stereocenters. The predicted molar refractivity (Wildman–Crippen MR) is 79.6 cm³/mol. The normalized spacial score (nSPS) is 11.4. The van der Waals surface area contributed by atoms with E-state index < -0.39 is 23.4 Å². The van der Waals surface area contributed by atoms with Gasteiger partial charge in [-0.3, -0.25) is 0 Å². The van der Waals surface area contributed by atoms with Crippen molar-refractivity contribution < 1.29 is 27.8 Å². The highest BCUT2D eigenvalue weighted by Gasteiger charge is 2.18. The molecule has 23 heavy (non-hydrogen) atoms. The minimum absolute atomic E-state index is 0.175. The standard InChI is InChI=1S/C17H13F3O3/c1-9(7-15(21)22)10-3-6-14(23-2)12(8-10)11-4-5-13(18)17(20)16(11)19/h3-8H,1-2H3,(H,21,22)/b9-7+. The number of methoxy groups -OCH3 is 1. The topological polar surface area (TPSA) is 46.5 Å². The van der Waals surface area contributed by atoms with E-state index in [0.29, 0.717) is 11.1 Å². The summed E-state index contributed by atoms with van der Waals surface area (Å²) in [6.45, 7) is 1.57. The Morgan fingerprint density at radius 2 is 1.78 bits per heavy atom. The second-order valence-electron chi connectivity index (χ2n) is 4.80. The lowest BCUT2D eigenvalue weighted by Crippen LogP contribution is -1.97. The molecule has 3 nitrogen and oxygen atoms in total. The van der Waals surface area contributed by atoms with Gasteiger partial charge >= 0.3 is 5.97 Å². The summed E-state index contributed by atoms with van der Waals surface area (Å²) in [4.78, 5) is 10.7. The van der Waals surface area contributed by atoms with Crippen molar-refractivity contribution in [3.05, 3.63) is 59.4 Å². The average Bonchev–Trinajstić information content (AvgIpc) is 2.51. The van der Waals surface area contributed by atoms with Gasteiger partial charge in [0.25, 0.3) is 0 Å². The number of hydrogen-bond acceptors (Lipinski definition) is 2. The number of carboxylic acid groups (broad SMARTS) is 1. The molecule has 0 bridgehead atoms. The second-order valence-corrected chi connectivity index (χ2v) is 4.80. The van der Waals surface area contributed by atoms with E-state index in [0.717, 1.165) is 18.2 Å². The molecule has 1 N–H and O–H groups in total. The number of carboxylic acids is 1. The molecule has 0 saturated carbocycles. The highest BCUT2D eigenvalue weighted by molar-refractivity contribution is 5.90. The number of ether oxygens (including phenoxy) is 1. The molecule has 0 aliphatic carbocycles. The van der Waals surface area contributed by atoms with Gasteiger partial charge in [0, 0.05) is 17.2 Å². The maximum absolute atomic E-state index is 14.0. The average molecular weight is 322 g/mol. The van der Waals surface area contributed by atoms with Crippen molar-refractivity contribution in [2.24, 2.45) is 0 Å². The van der Waals surface area contributed by atoms with Crippen LogP contribution in [-0.4, -0.2) is 18.2 Å². The monoisotopic (exact) mass is 322 g/mol. The van der Waals surface area contributed by atoms with Crippen molar-refractivity contribution in [3.8, 4) is 16.9 Å². The molecule has 2 aromatic rings. The molecule has 6 heteroatoms. The third-order valence-corrected chi connectivity index (χ3v) is 3.32. The summed E-state index contributed by atoms with van der Waals surface area (Å²) in [6.07, 6.45) is 0.993. The van der Waals surface area contributed by atoms with E-state index >= 15 is 0 Å². The van der Waals surface area contributed by atoms with E-state index in [1.54, 1.807) is 13.0 Å². The molecule has 0 fully saturated rings. The Kier molecular flexibility index (Phi) is 4.74. The molecule has 0 radical (unpaired) electrons. The SMILES string of the molecule is COc1ccc(/C(C)=C/C(=O)O)cc1-c1ccc(F)c(F)c1F. The van der Waals surface area contributed by atoms with E-state index in [1.807, 2.05) is 0 Å². The minimum Gasteiger partial charge on any atom is -0.496 e. The fourth-order valence-corrected chi connectivity index (χ4v) is 2.17. The van der Waals surface area contributed by atoms with Crippen LogP contribution in [0.15, 0.2) is 36.4 Å². The second kappa shape index (κ2) is 6.56. The molecule has 120 valence electrons. The number of hydrogen-bond donors (Lipinski definition) is 1. The van der Waals surface area contributed by atoms with Gasteiger partial charge in [-0.15, -0.1) is 0 Å². The van der Waals surface area contributed by atoms with Crippen LogP contribution < -0.4 is 4.74 Å². The van der Waals surface area contributed by atoms with Gasteiger partial charge in [-0.25, -0.2) is 18.0 Å². The van der Waals surface area contributed by atoms with E-state index in [1.165, 1.54) is 19.2 Å². The van der Waals surface area contributed by atoms with E-state index in [2.05, 4.69) is 0 Å². The number of carbonyl (C=O) groups is 1. The largest absolute Gasteiger partial charge is 0.496 e. The maximum atomic E-state index is 14.0. The minimum atomic E-state index is -1.58. The maximum Gasteiger partial charge on any atom is 0.328 e. The van der Waals surface area contributed by atoms with Gasteiger partial charge in [0.05, 0.1) is 7.11 Å². The Morgan fingerprint density at radius 3 is 2.39 bits per heavy atom. The number of rotatable bonds is 4. The zero-order valence-electron chi connectivity index (χ0n) is 12.4. The van der Waals surface area contributed by atoms with E-state index in [-0.39, 0.29) is 16.9 Å². The highest BCUT2D eigenvalue weighted by atomic mass is 19.2. The van der Waals surface area contributed by atoms with Gasteiger partial charge in [0.2, 0.25) is 0 Å². The molecule has 0 aromatic heterocycles. The molecule has 0 atom stereocenters. The molecule has 0 spiro atoms. The molecule has 0 amide bonds. The first-order valence-electron chi connectivity index (χ1n) is 6.58. The quantitative estimate of drug-likeness (QED) is 0.675. The number of halogens is 3. The molecule has 0 aliphatic rings. The van der Waals surface area contributed by atoms with Crippen molar-refractivity contribution in [1.82, 2.24) is 0 Å². The fraction of sp³-hybridized carbons (Fsp3) is 0.118. The summed E-state index contributed by atoms with van der Waals surface area (Å²) in [5, 5.41) is 8.79. The Labute approximate surface area is 130 Å². The lowest BCUT2D eigenvalue weighted by molar-refractivity contribution is -0.131. The van der Waals surface area contributed by atoms with Crippen LogP contribution >= 0.6 is 0 Å². The number of benzene rings is 2. The molecule has 0 saturated heterocycles. The van der Waals surface area contributed by atoms with Crippen molar-refractivity contribution in [1.29, 1.82) is 0 Å². The molecule has 0 heterocycles. The van der Waals surface area contributed by atoms with Crippen LogP contribution in [0.5, 0.6) is 5.75 Å². The lowest BCUT2D eigenvalue weighted by Gasteiger charge is -2.12. The summed E-state index contributed by atoms with van der Waals surface area (Å²) in [7, 11) is 1.36. The van der Waals surface area contributed by atoms with E-state index in [4.69, 9.17) is 9.84 Å². The summed E-state index contributed by atoms with van der Waals surface area (Å²) in [5.41, 5.74) is 0.932. The van der Waals surface area contributed by atoms with Crippen LogP contribution in [0.25, 0.3) is 16.7 Å². The summed E-state index contributed by atoms with van der Waals surface area (Å²) in [6, 6.07) is 6.48. The summed E-state index contributed by atoms with van der Waals surface area (Å²) >= 11 is 0. The number of allylic oxidation sites excluding steroid dienone is 1. The fourth-order valence-electron chi connectivity index (χ4n) is 2.17. The molecule has 0 aliphatic heterocycles. The van der Waals surface area contributed by atoms with Gasteiger partial charge in [-0.05, 0) is 42.3 Å². The van der Waals surface area contributed by atoms with Crippen molar-refractivity contribution in [2.75, 3.05) is 7.11 Å². The Balaban J connectivity index is 2.66. The van der Waals surface area contributed by atoms with Crippen LogP contribution in [0.2, 0.25) is 0 Å². The first-order valence-corrected chi connectivity index (χ1v) is 6.58. The van der Waals surface area contributed by atoms with Gasteiger partial charge in [0.1, 0.15) is 5.75 Å². The molecular formula is C17H13F3O3. The predicted octanol–water partition coefficient (Wildman–Crippen LogP) is 4.27. The Hall–Kier alpha value is -2.76. The van der Waals surface area contributed by atoms with Gasteiger partial charge in [-0.2, -0.15) is 0 Å². The van der Waals surface area contributed by atoms with Crippen LogP contribution in [-0.2, 0) is 4.79 Å². The third kappa shape index (κ3) is 3.36. The third-order valence-electron chi connectivity index (χ3n) is 3.32. The summed E-state index contributed by atoms with van der Waals surface area (Å²) in [5.74, 6) is -5.07. The van der Waals surface area contributed by atoms with E-state index in [9.17, 15) is 18.0 Å². The van der Waals surface area contributed by atoms with Crippen molar-refractivity contribution in [2.45, 2.75) is 6.92 Å². The van der Waals surface area contributed by atoms with Crippen molar-refractivity contribution >= 4 is 11.5 Å². The molecular weight excluding hydrogens is 309 g/mol. The van der Waals surface area contributed by atoms with Crippen LogP contribution in [0.3, 0.4) is 0 Å². The van der Waals surface area contributed by atoms with Crippen LogP contribution in [0, 0.1) is 17.5 Å². The zero-order chi connectivity index (χ0) is 17.1. The van der Waals surface area contributed by atoms with Gasteiger partial charge < -0.3 is 9.84 Å². The number of aliphatic carboxylic acids is 1. The van der Waals surface area contributed by atoms with Crippen molar-refractivity contribution in [3.63, 3.8) is 0 Å². The smallest absolute Gasteiger partial charge is 0.328 e. The highest BCUT2D eigenvalue weighted by Crippen LogP contribution is 2.35. The lowest BCUT2D eigenvalue weighted by atomic mass is 9.98. The molecule has 2 aromatic carbocycles. The Bertz CT molecular complexity index is 798. The zero-order valence-corrected chi connectivity index (χ0v) is 12.4. The Morgan fingerprint density at radius 1 is 1.09 bits per heavy atom. The van der Waals surface area contributed by atoms with Crippen LogP contribution in [0.4, 0.5) is 13.2 Å². The first kappa shape index (κ1) is 16.6. The van der Waals surface area contributed by atoms with Gasteiger partial charge in [-0.1, -0.05) is 6.07 Å². The summed E-state index contributed by atoms with van der Waals surface area (Å²) < 4.78 is 45.7. The van der Waals surface area contributed by atoms with Crippen LogP contribution in [0.1, 0.15) is 12.5 Å². The van der Waals surface area contributed by atoms with Gasteiger partial charge in [0.15, 0.2) is 17.5 Å².